The third-order valence-electron chi connectivity index (χ3n) is 3.53. The molecule has 1 heterocycles. The van der Waals surface area contributed by atoms with Crippen molar-refractivity contribution < 1.29 is 18.8 Å². The highest BCUT2D eigenvalue weighted by Gasteiger charge is 2.12. The minimum absolute atomic E-state index is 0.0901. The highest BCUT2D eigenvalue weighted by Crippen LogP contribution is 2.17. The second-order valence-electron chi connectivity index (χ2n) is 5.36. The molecule has 2 aromatic rings. The Morgan fingerprint density at radius 3 is 2.40 bits per heavy atom. The van der Waals surface area contributed by atoms with Crippen LogP contribution in [0, 0.1) is 13.8 Å². The lowest BCUT2D eigenvalue weighted by atomic mass is 10.1. The van der Waals surface area contributed by atoms with E-state index in [1.807, 2.05) is 26.0 Å². The van der Waals surface area contributed by atoms with Crippen LogP contribution in [-0.4, -0.2) is 30.8 Å². The number of hydrogen-bond acceptors (Lipinski definition) is 4. The lowest BCUT2D eigenvalue weighted by molar-refractivity contribution is -0.123. The number of carbonyl (C=O) groups excluding carboxylic acids is 3. The van der Waals surface area contributed by atoms with Crippen molar-refractivity contribution in [2.24, 2.45) is 0 Å². The molecule has 0 aliphatic carbocycles. The topological polar surface area (TPSA) is 100 Å². The van der Waals surface area contributed by atoms with Gasteiger partial charge in [0, 0.05) is 5.69 Å². The van der Waals surface area contributed by atoms with Crippen molar-refractivity contribution in [3.05, 3.63) is 51.9 Å². The lowest BCUT2D eigenvalue weighted by Crippen LogP contribution is -2.40. The smallest absolute Gasteiger partial charge is 0.287 e. The number of rotatable bonds is 6. The van der Waals surface area contributed by atoms with E-state index in [0.29, 0.717) is 10.4 Å². The van der Waals surface area contributed by atoms with Gasteiger partial charge in [-0.25, -0.2) is 0 Å². The van der Waals surface area contributed by atoms with Crippen LogP contribution in [0.15, 0.2) is 39.4 Å². The van der Waals surface area contributed by atoms with E-state index in [-0.39, 0.29) is 24.8 Å². The maximum absolute atomic E-state index is 11.9. The summed E-state index contributed by atoms with van der Waals surface area (Å²) in [7, 11) is 0. The second kappa shape index (κ2) is 8.48. The number of amides is 3. The van der Waals surface area contributed by atoms with Crippen molar-refractivity contribution in [3.63, 3.8) is 0 Å². The van der Waals surface area contributed by atoms with Crippen LogP contribution in [0.5, 0.6) is 0 Å². The van der Waals surface area contributed by atoms with Crippen LogP contribution in [0.1, 0.15) is 21.7 Å². The molecule has 0 atom stereocenters. The molecule has 0 saturated heterocycles. The molecule has 132 valence electrons. The molecule has 7 nitrogen and oxygen atoms in total. The minimum atomic E-state index is -0.513. The Balaban J connectivity index is 1.75. The molecule has 0 saturated carbocycles. The summed E-state index contributed by atoms with van der Waals surface area (Å²) in [6.07, 6.45) is 0. The largest absolute Gasteiger partial charge is 0.444 e. The summed E-state index contributed by atoms with van der Waals surface area (Å²) in [4.78, 5) is 35.4. The molecule has 0 radical (unpaired) electrons. The standard InChI is InChI=1S/C17H18BrN3O4/c1-10-4-3-5-12(11(10)2)21-16(23)9-19-15(22)8-20-17(24)13-6-7-14(18)25-13/h3-7H,8-9H2,1-2H3,(H,19,22)(H,20,24)(H,21,23). The Morgan fingerprint density at radius 2 is 1.72 bits per heavy atom. The van der Waals surface area contributed by atoms with Gasteiger partial charge in [-0.2, -0.15) is 0 Å². The fraction of sp³-hybridized carbons (Fsp3) is 0.235. The van der Waals surface area contributed by atoms with Crippen LogP contribution >= 0.6 is 15.9 Å². The fourth-order valence-corrected chi connectivity index (χ4v) is 2.31. The zero-order chi connectivity index (χ0) is 18.4. The highest BCUT2D eigenvalue weighted by atomic mass is 79.9. The van der Waals surface area contributed by atoms with E-state index in [2.05, 4.69) is 31.9 Å². The molecule has 8 heteroatoms. The first-order valence-electron chi connectivity index (χ1n) is 7.53. The Kier molecular flexibility index (Phi) is 6.35. The number of nitrogens with one attached hydrogen (secondary N) is 3. The molecule has 3 amide bonds. The Labute approximate surface area is 153 Å². The Hall–Kier alpha value is -2.61. The summed E-state index contributed by atoms with van der Waals surface area (Å²) < 4.78 is 5.49. The summed E-state index contributed by atoms with van der Waals surface area (Å²) in [6, 6.07) is 8.65. The SMILES string of the molecule is Cc1cccc(NC(=O)CNC(=O)CNC(=O)c2ccc(Br)o2)c1C. The molecule has 0 spiro atoms. The van der Waals surface area contributed by atoms with Gasteiger partial charge in [-0.15, -0.1) is 0 Å². The van der Waals surface area contributed by atoms with E-state index in [4.69, 9.17) is 4.42 Å². The number of anilines is 1. The zero-order valence-electron chi connectivity index (χ0n) is 13.8. The van der Waals surface area contributed by atoms with Crippen molar-refractivity contribution in [1.82, 2.24) is 10.6 Å². The van der Waals surface area contributed by atoms with Gasteiger partial charge < -0.3 is 20.4 Å². The molecule has 0 aliphatic heterocycles. The second-order valence-corrected chi connectivity index (χ2v) is 6.14. The first kappa shape index (κ1) is 18.7. The first-order chi connectivity index (χ1) is 11.9. The fourth-order valence-electron chi connectivity index (χ4n) is 2.01. The van der Waals surface area contributed by atoms with Crippen LogP contribution in [0.2, 0.25) is 0 Å². The van der Waals surface area contributed by atoms with Gasteiger partial charge in [0.25, 0.3) is 5.91 Å². The number of halogens is 1. The van der Waals surface area contributed by atoms with Crippen LogP contribution in [-0.2, 0) is 9.59 Å². The van der Waals surface area contributed by atoms with E-state index < -0.39 is 11.8 Å². The monoisotopic (exact) mass is 407 g/mol. The summed E-state index contributed by atoms with van der Waals surface area (Å²) >= 11 is 3.09. The van der Waals surface area contributed by atoms with E-state index in [9.17, 15) is 14.4 Å². The van der Waals surface area contributed by atoms with Crippen molar-refractivity contribution in [2.45, 2.75) is 13.8 Å². The van der Waals surface area contributed by atoms with Crippen LogP contribution in [0.25, 0.3) is 0 Å². The number of furan rings is 1. The molecular weight excluding hydrogens is 390 g/mol. The van der Waals surface area contributed by atoms with E-state index >= 15 is 0 Å². The molecule has 3 N–H and O–H groups in total. The van der Waals surface area contributed by atoms with Crippen molar-refractivity contribution in [2.75, 3.05) is 18.4 Å². The summed E-state index contributed by atoms with van der Waals surface area (Å²) in [6.45, 7) is 3.42. The number of carbonyl (C=O) groups is 3. The first-order valence-corrected chi connectivity index (χ1v) is 8.32. The molecule has 25 heavy (non-hydrogen) atoms. The summed E-state index contributed by atoms with van der Waals surface area (Å²) in [5, 5.41) is 7.59. The van der Waals surface area contributed by atoms with E-state index in [1.54, 1.807) is 12.1 Å². The van der Waals surface area contributed by atoms with Gasteiger partial charge in [0.05, 0.1) is 13.1 Å². The number of hydrogen-bond donors (Lipinski definition) is 3. The minimum Gasteiger partial charge on any atom is -0.444 e. The van der Waals surface area contributed by atoms with Crippen LogP contribution in [0.3, 0.4) is 0 Å². The van der Waals surface area contributed by atoms with E-state index in [0.717, 1.165) is 11.1 Å². The maximum atomic E-state index is 11.9. The average molecular weight is 408 g/mol. The van der Waals surface area contributed by atoms with Gasteiger partial charge in [0.1, 0.15) is 0 Å². The molecular formula is C17H18BrN3O4. The maximum Gasteiger partial charge on any atom is 0.287 e. The van der Waals surface area contributed by atoms with Crippen LogP contribution < -0.4 is 16.0 Å². The molecule has 1 aromatic heterocycles. The quantitative estimate of drug-likeness (QED) is 0.682. The third kappa shape index (κ3) is 5.46. The summed E-state index contributed by atoms with van der Waals surface area (Å²) in [5.74, 6) is -1.24. The third-order valence-corrected chi connectivity index (χ3v) is 3.96. The van der Waals surface area contributed by atoms with Gasteiger partial charge >= 0.3 is 0 Å². The van der Waals surface area contributed by atoms with Crippen molar-refractivity contribution in [3.8, 4) is 0 Å². The van der Waals surface area contributed by atoms with Gasteiger partial charge in [0.15, 0.2) is 10.4 Å². The number of benzene rings is 1. The van der Waals surface area contributed by atoms with E-state index in [1.165, 1.54) is 6.07 Å². The highest BCUT2D eigenvalue weighted by molar-refractivity contribution is 9.10. The molecule has 1 aromatic carbocycles. The number of aryl methyl sites for hydroxylation is 1. The van der Waals surface area contributed by atoms with Crippen molar-refractivity contribution in [1.29, 1.82) is 0 Å². The Bertz CT molecular complexity index is 801. The predicted molar refractivity (Wildman–Crippen MR) is 96.3 cm³/mol. The molecule has 0 fully saturated rings. The average Bonchev–Trinajstić information content (AvgIpc) is 3.01. The predicted octanol–water partition coefficient (Wildman–Crippen LogP) is 2.14. The lowest BCUT2D eigenvalue weighted by Gasteiger charge is -2.11. The normalized spacial score (nSPS) is 10.2. The molecule has 2 rings (SSSR count). The van der Waals surface area contributed by atoms with Gasteiger partial charge in [0.2, 0.25) is 11.8 Å². The van der Waals surface area contributed by atoms with Gasteiger partial charge in [-0.1, -0.05) is 12.1 Å². The summed E-state index contributed by atoms with van der Waals surface area (Å²) in [5.41, 5.74) is 2.74. The molecule has 0 unspecified atom stereocenters. The van der Waals surface area contributed by atoms with Crippen LogP contribution in [0.4, 0.5) is 5.69 Å². The zero-order valence-corrected chi connectivity index (χ0v) is 15.4. The Morgan fingerprint density at radius 1 is 1.00 bits per heavy atom. The van der Waals surface area contributed by atoms with Crippen molar-refractivity contribution >= 4 is 39.3 Å². The molecule has 0 aliphatic rings. The van der Waals surface area contributed by atoms with Gasteiger partial charge in [-0.3, -0.25) is 14.4 Å². The van der Waals surface area contributed by atoms with Gasteiger partial charge in [-0.05, 0) is 59.1 Å². The molecule has 0 bridgehead atoms.